The van der Waals surface area contributed by atoms with Gasteiger partial charge in [0.05, 0.1) is 4.92 Å². The summed E-state index contributed by atoms with van der Waals surface area (Å²) in [7, 11) is -2.28. The quantitative estimate of drug-likeness (QED) is 0.641. The number of sulfonamides is 1. The smallest absolute Gasteiger partial charge is 0.289 e. The predicted octanol–water partition coefficient (Wildman–Crippen LogP) is 2.06. The lowest BCUT2D eigenvalue weighted by atomic mass is 10.3. The summed E-state index contributed by atoms with van der Waals surface area (Å²) in [5, 5.41) is 13.8. The summed E-state index contributed by atoms with van der Waals surface area (Å²) in [6.45, 7) is 5.41. The predicted molar refractivity (Wildman–Crippen MR) is 77.3 cm³/mol. The lowest BCUT2D eigenvalue weighted by molar-refractivity contribution is -0.387. The van der Waals surface area contributed by atoms with Crippen molar-refractivity contribution in [3.8, 4) is 0 Å². The number of anilines is 1. The van der Waals surface area contributed by atoms with Crippen LogP contribution in [0.1, 0.15) is 20.8 Å². The maximum Gasteiger partial charge on any atom is 0.289 e. The maximum absolute atomic E-state index is 12.6. The molecule has 0 unspecified atom stereocenters. The van der Waals surface area contributed by atoms with Crippen molar-refractivity contribution in [1.82, 2.24) is 4.31 Å². The van der Waals surface area contributed by atoms with E-state index in [4.69, 9.17) is 0 Å². The van der Waals surface area contributed by atoms with Gasteiger partial charge in [0.15, 0.2) is 4.90 Å². The highest BCUT2D eigenvalue weighted by atomic mass is 32.2. The molecule has 0 aromatic heterocycles. The Kier molecular flexibility index (Phi) is 5.07. The van der Waals surface area contributed by atoms with E-state index in [1.165, 1.54) is 22.5 Å². The van der Waals surface area contributed by atoms with E-state index >= 15 is 0 Å². The van der Waals surface area contributed by atoms with Crippen LogP contribution in [0.4, 0.5) is 11.4 Å². The van der Waals surface area contributed by atoms with Gasteiger partial charge in [-0.25, -0.2) is 8.42 Å². The summed E-state index contributed by atoms with van der Waals surface area (Å²) in [5.74, 6) is 0. The second-order valence-corrected chi connectivity index (χ2v) is 6.35. The van der Waals surface area contributed by atoms with Crippen LogP contribution in [-0.4, -0.2) is 37.3 Å². The topological polar surface area (TPSA) is 92.6 Å². The largest absolute Gasteiger partial charge is 0.388 e. The first-order valence-electron chi connectivity index (χ1n) is 6.23. The minimum Gasteiger partial charge on any atom is -0.388 e. The summed E-state index contributed by atoms with van der Waals surface area (Å²) in [4.78, 5) is 10.1. The van der Waals surface area contributed by atoms with E-state index in [2.05, 4.69) is 5.32 Å². The minimum absolute atomic E-state index is 0.251. The third kappa shape index (κ3) is 3.07. The Morgan fingerprint density at radius 1 is 1.40 bits per heavy atom. The average molecular weight is 301 g/mol. The number of nitro benzene ring substituents is 1. The number of hydrogen-bond donors (Lipinski definition) is 1. The summed E-state index contributed by atoms with van der Waals surface area (Å²) in [6.07, 6.45) is 0. The highest BCUT2D eigenvalue weighted by molar-refractivity contribution is 7.89. The molecule has 0 aliphatic heterocycles. The minimum atomic E-state index is -3.91. The first kappa shape index (κ1) is 16.4. The first-order chi connectivity index (χ1) is 9.25. The molecule has 0 saturated carbocycles. The molecule has 0 saturated heterocycles. The zero-order chi connectivity index (χ0) is 15.5. The molecule has 8 heteroatoms. The van der Waals surface area contributed by atoms with Crippen LogP contribution in [0.15, 0.2) is 23.1 Å². The Hall–Kier alpha value is -1.67. The molecule has 0 fully saturated rings. The zero-order valence-electron chi connectivity index (χ0n) is 12.0. The maximum atomic E-state index is 12.6. The number of nitrogens with zero attached hydrogens (tertiary/aromatic N) is 2. The molecular formula is C12H19N3O4S. The van der Waals surface area contributed by atoms with Gasteiger partial charge in [0.2, 0.25) is 10.0 Å². The van der Waals surface area contributed by atoms with Crippen LogP contribution in [0.2, 0.25) is 0 Å². The molecule has 0 spiro atoms. The van der Waals surface area contributed by atoms with E-state index in [1.54, 1.807) is 27.8 Å². The Morgan fingerprint density at radius 2 is 2.00 bits per heavy atom. The molecule has 1 aromatic rings. The summed E-state index contributed by atoms with van der Waals surface area (Å²) < 4.78 is 26.4. The van der Waals surface area contributed by atoms with Gasteiger partial charge in [-0.1, -0.05) is 6.92 Å². The molecule has 0 heterocycles. The van der Waals surface area contributed by atoms with Crippen molar-refractivity contribution in [3.05, 3.63) is 28.3 Å². The fourth-order valence-electron chi connectivity index (χ4n) is 1.97. The molecule has 1 aromatic carbocycles. The second kappa shape index (κ2) is 6.19. The van der Waals surface area contributed by atoms with Crippen molar-refractivity contribution in [2.45, 2.75) is 31.7 Å². The average Bonchev–Trinajstić information content (AvgIpc) is 2.37. The Balaban J connectivity index is 3.53. The van der Waals surface area contributed by atoms with Crippen LogP contribution in [-0.2, 0) is 10.0 Å². The number of nitrogens with one attached hydrogen (secondary N) is 1. The van der Waals surface area contributed by atoms with Crippen LogP contribution >= 0.6 is 0 Å². The Morgan fingerprint density at radius 3 is 2.40 bits per heavy atom. The van der Waals surface area contributed by atoms with E-state index in [1.807, 2.05) is 0 Å². The van der Waals surface area contributed by atoms with Crippen molar-refractivity contribution in [2.24, 2.45) is 0 Å². The van der Waals surface area contributed by atoms with Crippen molar-refractivity contribution < 1.29 is 13.3 Å². The van der Waals surface area contributed by atoms with E-state index in [-0.39, 0.29) is 17.5 Å². The number of hydrogen-bond acceptors (Lipinski definition) is 5. The van der Waals surface area contributed by atoms with Gasteiger partial charge in [0, 0.05) is 31.4 Å². The molecule has 0 bridgehead atoms. The Labute approximate surface area is 118 Å². The second-order valence-electron chi connectivity index (χ2n) is 4.49. The van der Waals surface area contributed by atoms with E-state index in [0.717, 1.165) is 0 Å². The number of nitro groups is 1. The van der Waals surface area contributed by atoms with E-state index in [0.29, 0.717) is 5.69 Å². The molecule has 1 rings (SSSR count). The molecule has 1 N–H and O–H groups in total. The SMILES string of the molecule is CCN(C(C)C)S(=O)(=O)c1cc(NC)ccc1[N+](=O)[O-]. The fraction of sp³-hybridized carbons (Fsp3) is 0.500. The third-order valence-corrected chi connectivity index (χ3v) is 5.10. The van der Waals surface area contributed by atoms with Gasteiger partial charge in [-0.05, 0) is 26.0 Å². The van der Waals surface area contributed by atoms with E-state index in [9.17, 15) is 18.5 Å². The Bertz CT molecular complexity index is 599. The standard InChI is InChI=1S/C12H19N3O4S/c1-5-14(9(2)3)20(18,19)12-8-10(13-4)6-7-11(12)15(16)17/h6-9,13H,5H2,1-4H3. The number of benzene rings is 1. The molecule has 112 valence electrons. The highest BCUT2D eigenvalue weighted by Gasteiger charge is 2.32. The van der Waals surface area contributed by atoms with Crippen LogP contribution in [0, 0.1) is 10.1 Å². The van der Waals surface area contributed by atoms with Crippen LogP contribution in [0.5, 0.6) is 0 Å². The van der Waals surface area contributed by atoms with Crippen molar-refractivity contribution >= 4 is 21.4 Å². The lowest BCUT2D eigenvalue weighted by Gasteiger charge is -2.24. The van der Waals surface area contributed by atoms with Gasteiger partial charge in [0.25, 0.3) is 5.69 Å². The van der Waals surface area contributed by atoms with Crippen LogP contribution < -0.4 is 5.32 Å². The first-order valence-corrected chi connectivity index (χ1v) is 7.67. The van der Waals surface area contributed by atoms with Gasteiger partial charge in [0.1, 0.15) is 0 Å². The fourth-order valence-corrected chi connectivity index (χ4v) is 3.80. The van der Waals surface area contributed by atoms with Gasteiger partial charge in [-0.3, -0.25) is 10.1 Å². The molecule has 20 heavy (non-hydrogen) atoms. The summed E-state index contributed by atoms with van der Waals surface area (Å²) in [5.41, 5.74) is 0.0945. The van der Waals surface area contributed by atoms with Crippen LogP contribution in [0.25, 0.3) is 0 Å². The van der Waals surface area contributed by atoms with Gasteiger partial charge < -0.3 is 5.32 Å². The molecule has 0 atom stereocenters. The molecule has 0 aliphatic carbocycles. The monoisotopic (exact) mass is 301 g/mol. The van der Waals surface area contributed by atoms with Gasteiger partial charge in [-0.15, -0.1) is 0 Å². The van der Waals surface area contributed by atoms with Crippen LogP contribution in [0.3, 0.4) is 0 Å². The molecule has 7 nitrogen and oxygen atoms in total. The summed E-state index contributed by atoms with van der Waals surface area (Å²) in [6, 6.07) is 3.69. The van der Waals surface area contributed by atoms with Crippen molar-refractivity contribution in [3.63, 3.8) is 0 Å². The molecule has 0 amide bonds. The van der Waals surface area contributed by atoms with Gasteiger partial charge >= 0.3 is 0 Å². The van der Waals surface area contributed by atoms with Crippen molar-refractivity contribution in [1.29, 1.82) is 0 Å². The normalized spacial score (nSPS) is 11.9. The molecule has 0 aliphatic rings. The van der Waals surface area contributed by atoms with Gasteiger partial charge in [-0.2, -0.15) is 4.31 Å². The van der Waals surface area contributed by atoms with E-state index < -0.39 is 20.6 Å². The summed E-state index contributed by atoms with van der Waals surface area (Å²) >= 11 is 0. The number of rotatable bonds is 6. The third-order valence-electron chi connectivity index (χ3n) is 2.92. The van der Waals surface area contributed by atoms with Crippen molar-refractivity contribution in [2.75, 3.05) is 18.9 Å². The molecule has 0 radical (unpaired) electrons. The lowest BCUT2D eigenvalue weighted by Crippen LogP contribution is -2.37. The zero-order valence-corrected chi connectivity index (χ0v) is 12.8. The molecular weight excluding hydrogens is 282 g/mol. The highest BCUT2D eigenvalue weighted by Crippen LogP contribution is 2.30.